The van der Waals surface area contributed by atoms with Crippen molar-refractivity contribution >= 4 is 0 Å². The molecule has 0 radical (unpaired) electrons. The third-order valence-electron chi connectivity index (χ3n) is 2.83. The highest BCUT2D eigenvalue weighted by Gasteiger charge is 2.30. The Morgan fingerprint density at radius 1 is 1.19 bits per heavy atom. The van der Waals surface area contributed by atoms with Crippen LogP contribution in [0.4, 0.5) is 22.0 Å². The van der Waals surface area contributed by atoms with E-state index in [1.807, 2.05) is 0 Å². The predicted octanol–water partition coefficient (Wildman–Crippen LogP) is 3.59. The van der Waals surface area contributed by atoms with Gasteiger partial charge >= 0.3 is 12.7 Å². The monoisotopic (exact) mass is 305 g/mol. The molecule has 1 heterocycles. The van der Waals surface area contributed by atoms with E-state index in [9.17, 15) is 22.0 Å². The summed E-state index contributed by atoms with van der Waals surface area (Å²) in [6.07, 6.45) is -2.01. The van der Waals surface area contributed by atoms with Crippen molar-refractivity contribution in [3.8, 4) is 0 Å². The van der Waals surface area contributed by atoms with Crippen LogP contribution in [0.2, 0.25) is 0 Å². The predicted molar refractivity (Wildman–Crippen MR) is 65.5 cm³/mol. The molecule has 0 aliphatic rings. The summed E-state index contributed by atoms with van der Waals surface area (Å²) in [5, 5.41) is 2.79. The maximum absolute atomic E-state index is 12.6. The third-order valence-corrected chi connectivity index (χ3v) is 2.83. The minimum atomic E-state index is -4.40. The zero-order valence-corrected chi connectivity index (χ0v) is 10.7. The third kappa shape index (κ3) is 4.01. The Kier molecular flexibility index (Phi) is 4.56. The molecule has 1 N–H and O–H groups in total. The van der Waals surface area contributed by atoms with E-state index in [-0.39, 0.29) is 18.9 Å². The van der Waals surface area contributed by atoms with Gasteiger partial charge in [0, 0.05) is 18.9 Å². The second-order valence-corrected chi connectivity index (χ2v) is 4.33. The summed E-state index contributed by atoms with van der Waals surface area (Å²) in [7, 11) is 0. The second kappa shape index (κ2) is 6.21. The lowest BCUT2D eigenvalue weighted by molar-refractivity contribution is -0.137. The number of alkyl halides is 5. The molecule has 2 rings (SSSR count). The number of imidazole rings is 1. The summed E-state index contributed by atoms with van der Waals surface area (Å²) < 4.78 is 63.4. The first kappa shape index (κ1) is 15.4. The molecule has 1 aromatic carbocycles. The molecule has 0 saturated heterocycles. The summed E-state index contributed by atoms with van der Waals surface area (Å²) in [6, 6.07) is 4.83. The first-order valence-electron chi connectivity index (χ1n) is 6.04. The zero-order chi connectivity index (χ0) is 15.5. The van der Waals surface area contributed by atoms with Crippen molar-refractivity contribution in [3.63, 3.8) is 0 Å². The number of nitrogens with zero attached hydrogens (tertiary/aromatic N) is 2. The lowest BCUT2D eigenvalue weighted by Gasteiger charge is -2.10. The maximum Gasteiger partial charge on any atom is 0.416 e. The molecule has 0 fully saturated rings. The van der Waals surface area contributed by atoms with E-state index < -0.39 is 18.3 Å². The SMILES string of the molecule is FC(F)n1ccnc1CNCc1cccc(C(F)(F)F)c1. The summed E-state index contributed by atoms with van der Waals surface area (Å²) in [6.45, 7) is -2.54. The van der Waals surface area contributed by atoms with E-state index in [1.165, 1.54) is 18.3 Å². The average Bonchev–Trinajstić information content (AvgIpc) is 2.87. The average molecular weight is 305 g/mol. The van der Waals surface area contributed by atoms with Gasteiger partial charge in [-0.3, -0.25) is 4.57 Å². The number of hydrogen-bond donors (Lipinski definition) is 1. The minimum absolute atomic E-state index is 0.0353. The standard InChI is InChI=1S/C13H12F5N3/c14-12(15)21-5-4-20-11(21)8-19-7-9-2-1-3-10(6-9)13(16,17)18/h1-6,12,19H,7-8H2. The summed E-state index contributed by atoms with van der Waals surface area (Å²) in [4.78, 5) is 3.77. The molecule has 0 saturated carbocycles. The first-order chi connectivity index (χ1) is 9.88. The molecular weight excluding hydrogens is 293 g/mol. The van der Waals surface area contributed by atoms with Crippen LogP contribution in [0.15, 0.2) is 36.7 Å². The zero-order valence-electron chi connectivity index (χ0n) is 10.7. The van der Waals surface area contributed by atoms with E-state index in [0.717, 1.165) is 18.3 Å². The van der Waals surface area contributed by atoms with Crippen molar-refractivity contribution in [2.24, 2.45) is 0 Å². The molecule has 0 amide bonds. The minimum Gasteiger partial charge on any atom is -0.306 e. The number of benzene rings is 1. The molecule has 0 spiro atoms. The highest BCUT2D eigenvalue weighted by atomic mass is 19.4. The molecule has 3 nitrogen and oxygen atoms in total. The van der Waals surface area contributed by atoms with Gasteiger partial charge in [-0.2, -0.15) is 22.0 Å². The van der Waals surface area contributed by atoms with Gasteiger partial charge in [0.1, 0.15) is 5.82 Å². The fraction of sp³-hybridized carbons (Fsp3) is 0.308. The van der Waals surface area contributed by atoms with Gasteiger partial charge in [-0.05, 0) is 11.6 Å². The number of aromatic nitrogens is 2. The van der Waals surface area contributed by atoms with Crippen LogP contribution in [0.1, 0.15) is 23.5 Å². The van der Waals surface area contributed by atoms with Crippen molar-refractivity contribution < 1.29 is 22.0 Å². The van der Waals surface area contributed by atoms with Gasteiger partial charge in [0.25, 0.3) is 0 Å². The van der Waals surface area contributed by atoms with Crippen molar-refractivity contribution in [1.82, 2.24) is 14.9 Å². The van der Waals surface area contributed by atoms with Gasteiger partial charge in [-0.15, -0.1) is 0 Å². The molecule has 0 atom stereocenters. The molecule has 8 heteroatoms. The van der Waals surface area contributed by atoms with Crippen molar-refractivity contribution in [2.75, 3.05) is 0 Å². The van der Waals surface area contributed by atoms with Crippen LogP contribution in [-0.2, 0) is 19.3 Å². The lowest BCUT2D eigenvalue weighted by Crippen LogP contribution is -2.17. The molecule has 114 valence electrons. The summed E-state index contributed by atoms with van der Waals surface area (Å²) in [5.74, 6) is 0.122. The fourth-order valence-electron chi connectivity index (χ4n) is 1.83. The van der Waals surface area contributed by atoms with Gasteiger partial charge in [-0.25, -0.2) is 4.98 Å². The van der Waals surface area contributed by atoms with Crippen LogP contribution >= 0.6 is 0 Å². The van der Waals surface area contributed by atoms with Crippen molar-refractivity contribution in [1.29, 1.82) is 0 Å². The topological polar surface area (TPSA) is 29.9 Å². The number of rotatable bonds is 5. The van der Waals surface area contributed by atoms with E-state index in [4.69, 9.17) is 0 Å². The van der Waals surface area contributed by atoms with E-state index in [2.05, 4.69) is 10.3 Å². The normalized spacial score (nSPS) is 12.1. The largest absolute Gasteiger partial charge is 0.416 e. The molecule has 0 bridgehead atoms. The molecule has 0 unspecified atom stereocenters. The summed E-state index contributed by atoms with van der Waals surface area (Å²) in [5.41, 5.74) is -0.323. The first-order valence-corrected chi connectivity index (χ1v) is 6.04. The van der Waals surface area contributed by atoms with Crippen LogP contribution in [0.25, 0.3) is 0 Å². The van der Waals surface area contributed by atoms with Crippen LogP contribution in [0.5, 0.6) is 0 Å². The van der Waals surface area contributed by atoms with E-state index >= 15 is 0 Å². The van der Waals surface area contributed by atoms with E-state index in [1.54, 1.807) is 0 Å². The Hall–Kier alpha value is -1.96. The Balaban J connectivity index is 1.96. The van der Waals surface area contributed by atoms with Gasteiger partial charge < -0.3 is 5.32 Å². The molecule has 1 aromatic heterocycles. The summed E-state index contributed by atoms with van der Waals surface area (Å²) >= 11 is 0. The lowest BCUT2D eigenvalue weighted by atomic mass is 10.1. The molecule has 0 aliphatic heterocycles. The van der Waals surface area contributed by atoms with Crippen LogP contribution in [0.3, 0.4) is 0 Å². The molecule has 2 aromatic rings. The Bertz CT molecular complexity index is 591. The Morgan fingerprint density at radius 3 is 2.62 bits per heavy atom. The van der Waals surface area contributed by atoms with E-state index in [0.29, 0.717) is 10.1 Å². The quantitative estimate of drug-likeness (QED) is 0.856. The number of nitrogens with one attached hydrogen (secondary N) is 1. The highest BCUT2D eigenvalue weighted by Crippen LogP contribution is 2.29. The van der Waals surface area contributed by atoms with Crippen LogP contribution < -0.4 is 5.32 Å². The van der Waals surface area contributed by atoms with Gasteiger partial charge in [0.15, 0.2) is 0 Å². The molecular formula is C13H12F5N3. The number of halogens is 5. The fourth-order valence-corrected chi connectivity index (χ4v) is 1.83. The van der Waals surface area contributed by atoms with Gasteiger partial charge in [0.2, 0.25) is 0 Å². The number of hydrogen-bond acceptors (Lipinski definition) is 2. The molecule has 21 heavy (non-hydrogen) atoms. The van der Waals surface area contributed by atoms with Crippen LogP contribution in [-0.4, -0.2) is 9.55 Å². The molecule has 0 aliphatic carbocycles. The van der Waals surface area contributed by atoms with Crippen molar-refractivity contribution in [2.45, 2.75) is 25.8 Å². The van der Waals surface area contributed by atoms with Crippen molar-refractivity contribution in [3.05, 3.63) is 53.6 Å². The van der Waals surface area contributed by atoms with Gasteiger partial charge in [-0.1, -0.05) is 18.2 Å². The Labute approximate surface area is 117 Å². The smallest absolute Gasteiger partial charge is 0.306 e. The Morgan fingerprint density at radius 2 is 1.95 bits per heavy atom. The van der Waals surface area contributed by atoms with Crippen LogP contribution in [0, 0.1) is 0 Å². The van der Waals surface area contributed by atoms with Gasteiger partial charge in [0.05, 0.1) is 12.1 Å². The second-order valence-electron chi connectivity index (χ2n) is 4.33. The highest BCUT2D eigenvalue weighted by molar-refractivity contribution is 5.25. The maximum atomic E-state index is 12.6.